The molecule has 1 amide bonds. The van der Waals surface area contributed by atoms with E-state index in [0.29, 0.717) is 24.0 Å². The van der Waals surface area contributed by atoms with Crippen LogP contribution in [0.2, 0.25) is 0 Å². The smallest absolute Gasteiger partial charge is 0.217 e. The Morgan fingerprint density at radius 1 is 1.13 bits per heavy atom. The van der Waals surface area contributed by atoms with Gasteiger partial charge >= 0.3 is 0 Å². The van der Waals surface area contributed by atoms with Crippen LogP contribution in [0.1, 0.15) is 70.4 Å². The topological polar surface area (TPSA) is 71.8 Å². The molecule has 2 heterocycles. The molecule has 0 spiro atoms. The third-order valence-electron chi connectivity index (χ3n) is 5.00. The molecule has 3 rings (SSSR count). The second-order valence-corrected chi connectivity index (χ2v) is 7.37. The number of carbonyl (C=O) groups excluding carboxylic acids is 1. The van der Waals surface area contributed by atoms with Crippen molar-refractivity contribution in [2.75, 3.05) is 0 Å². The van der Waals surface area contributed by atoms with Crippen LogP contribution in [0.5, 0.6) is 0 Å². The van der Waals surface area contributed by atoms with Gasteiger partial charge in [-0.15, -0.1) is 0 Å². The highest BCUT2D eigenvalue weighted by atomic mass is 16.1. The lowest BCUT2D eigenvalue weighted by atomic mass is 9.90. The molecule has 1 aliphatic heterocycles. The summed E-state index contributed by atoms with van der Waals surface area (Å²) in [5, 5.41) is 11.5. The number of hydrogen-bond acceptors (Lipinski definition) is 4. The Hall–Kier alpha value is -1.43. The zero-order valence-electron chi connectivity index (χ0n) is 14.5. The molecular formula is C17H29N5O. The molecule has 2 N–H and O–H groups in total. The third-order valence-corrected chi connectivity index (χ3v) is 5.00. The number of fused-ring (bicyclic) bond motifs is 1. The monoisotopic (exact) mass is 319 g/mol. The molecule has 6 nitrogen and oxygen atoms in total. The average Bonchev–Trinajstić information content (AvgIpc) is 2.92. The Morgan fingerprint density at radius 2 is 1.83 bits per heavy atom. The van der Waals surface area contributed by atoms with Gasteiger partial charge in [0.1, 0.15) is 5.82 Å². The van der Waals surface area contributed by atoms with Gasteiger partial charge in [-0.1, -0.05) is 13.8 Å². The maximum Gasteiger partial charge on any atom is 0.217 e. The largest absolute Gasteiger partial charge is 0.354 e. The Morgan fingerprint density at radius 3 is 2.48 bits per heavy atom. The van der Waals surface area contributed by atoms with Crippen molar-refractivity contribution in [2.24, 2.45) is 0 Å². The summed E-state index contributed by atoms with van der Waals surface area (Å²) in [5.74, 6) is 2.59. The fourth-order valence-corrected chi connectivity index (χ4v) is 3.73. The van der Waals surface area contributed by atoms with Crippen molar-refractivity contribution in [3.05, 3.63) is 11.6 Å². The standard InChI is InChI=1S/C17H29N5O/c1-11(2)17-20-16-9-8-15(10-22(16)21-17)19-14-6-4-13(5-7-14)18-12(3)23/h11,13-15,19H,4-10H2,1-3H3,(H,18,23)/t13?,14?,15-/m1/s1. The maximum atomic E-state index is 11.1. The average molecular weight is 319 g/mol. The summed E-state index contributed by atoms with van der Waals surface area (Å²) >= 11 is 0. The molecule has 0 saturated heterocycles. The Labute approximate surface area is 138 Å². The van der Waals surface area contributed by atoms with Gasteiger partial charge in [-0.3, -0.25) is 4.79 Å². The van der Waals surface area contributed by atoms with Crippen LogP contribution in [-0.2, 0) is 17.8 Å². The molecule has 1 fully saturated rings. The van der Waals surface area contributed by atoms with E-state index < -0.39 is 0 Å². The summed E-state index contributed by atoms with van der Waals surface area (Å²) in [6.07, 6.45) is 6.60. The predicted molar refractivity (Wildman–Crippen MR) is 89.2 cm³/mol. The lowest BCUT2D eigenvalue weighted by molar-refractivity contribution is -0.119. The van der Waals surface area contributed by atoms with Gasteiger partial charge in [0, 0.05) is 37.4 Å². The van der Waals surface area contributed by atoms with E-state index in [1.165, 1.54) is 0 Å². The van der Waals surface area contributed by atoms with E-state index in [-0.39, 0.29) is 5.91 Å². The van der Waals surface area contributed by atoms with Crippen molar-refractivity contribution < 1.29 is 4.79 Å². The van der Waals surface area contributed by atoms with Crippen molar-refractivity contribution in [1.82, 2.24) is 25.4 Å². The van der Waals surface area contributed by atoms with Gasteiger partial charge < -0.3 is 10.6 Å². The molecule has 1 aromatic heterocycles. The summed E-state index contributed by atoms with van der Waals surface area (Å²) in [5.41, 5.74) is 0. The van der Waals surface area contributed by atoms with E-state index in [4.69, 9.17) is 0 Å². The molecule has 1 aromatic rings. The van der Waals surface area contributed by atoms with Crippen LogP contribution in [0.4, 0.5) is 0 Å². The minimum atomic E-state index is 0.0911. The number of rotatable bonds is 4. The molecular weight excluding hydrogens is 290 g/mol. The number of aromatic nitrogens is 3. The van der Waals surface area contributed by atoms with Crippen LogP contribution in [0.25, 0.3) is 0 Å². The van der Waals surface area contributed by atoms with E-state index in [1.807, 2.05) is 0 Å². The first-order valence-corrected chi connectivity index (χ1v) is 8.98. The maximum absolute atomic E-state index is 11.1. The summed E-state index contributed by atoms with van der Waals surface area (Å²) in [7, 11) is 0. The van der Waals surface area contributed by atoms with Crippen LogP contribution in [0, 0.1) is 0 Å². The normalized spacial score (nSPS) is 27.7. The lowest BCUT2D eigenvalue weighted by Gasteiger charge is -2.33. The van der Waals surface area contributed by atoms with Gasteiger partial charge in [0.05, 0.1) is 6.54 Å². The minimum Gasteiger partial charge on any atom is -0.354 e. The van der Waals surface area contributed by atoms with Crippen LogP contribution in [0.15, 0.2) is 0 Å². The molecule has 1 atom stereocenters. The van der Waals surface area contributed by atoms with Crippen molar-refractivity contribution >= 4 is 5.91 Å². The summed E-state index contributed by atoms with van der Waals surface area (Å²) in [6.45, 7) is 6.82. The van der Waals surface area contributed by atoms with Gasteiger partial charge in [-0.25, -0.2) is 9.67 Å². The Balaban J connectivity index is 1.49. The number of nitrogens with one attached hydrogen (secondary N) is 2. The fourth-order valence-electron chi connectivity index (χ4n) is 3.73. The first kappa shape index (κ1) is 16.4. The van der Waals surface area contributed by atoms with Gasteiger partial charge in [-0.05, 0) is 32.1 Å². The highest BCUT2D eigenvalue weighted by Crippen LogP contribution is 2.22. The van der Waals surface area contributed by atoms with Crippen LogP contribution >= 0.6 is 0 Å². The van der Waals surface area contributed by atoms with Gasteiger partial charge in [0.15, 0.2) is 5.82 Å². The number of nitrogens with zero attached hydrogens (tertiary/aromatic N) is 3. The fraction of sp³-hybridized carbons (Fsp3) is 0.824. The molecule has 0 radical (unpaired) electrons. The van der Waals surface area contributed by atoms with Crippen molar-refractivity contribution in [3.63, 3.8) is 0 Å². The van der Waals surface area contributed by atoms with Crippen LogP contribution < -0.4 is 10.6 Å². The number of amides is 1. The van der Waals surface area contributed by atoms with E-state index in [1.54, 1.807) is 6.92 Å². The van der Waals surface area contributed by atoms with Crippen LogP contribution in [0.3, 0.4) is 0 Å². The SMILES string of the molecule is CC(=O)NC1CCC(N[C@@H]2CCc3nc(C(C)C)nn3C2)CC1. The Kier molecular flexibility index (Phi) is 4.99. The van der Waals surface area contributed by atoms with Crippen molar-refractivity contribution in [3.8, 4) is 0 Å². The first-order chi connectivity index (χ1) is 11.0. The van der Waals surface area contributed by atoms with E-state index in [0.717, 1.165) is 56.7 Å². The van der Waals surface area contributed by atoms with Crippen molar-refractivity contribution in [2.45, 2.75) is 89.9 Å². The zero-order valence-corrected chi connectivity index (χ0v) is 14.5. The number of carbonyl (C=O) groups is 1. The molecule has 23 heavy (non-hydrogen) atoms. The molecule has 6 heteroatoms. The van der Waals surface area contributed by atoms with E-state index in [9.17, 15) is 4.79 Å². The highest BCUT2D eigenvalue weighted by Gasteiger charge is 2.27. The van der Waals surface area contributed by atoms with Gasteiger partial charge in [-0.2, -0.15) is 5.10 Å². The van der Waals surface area contributed by atoms with Gasteiger partial charge in [0.2, 0.25) is 5.91 Å². The first-order valence-electron chi connectivity index (χ1n) is 8.98. The molecule has 0 aromatic carbocycles. The summed E-state index contributed by atoms with van der Waals surface area (Å²) in [6, 6.07) is 1.43. The molecule has 128 valence electrons. The zero-order chi connectivity index (χ0) is 16.4. The quantitative estimate of drug-likeness (QED) is 0.887. The summed E-state index contributed by atoms with van der Waals surface area (Å²) < 4.78 is 2.10. The third kappa shape index (κ3) is 4.10. The molecule has 0 bridgehead atoms. The summed E-state index contributed by atoms with van der Waals surface area (Å²) in [4.78, 5) is 15.8. The van der Waals surface area contributed by atoms with E-state index in [2.05, 4.69) is 39.2 Å². The molecule has 0 unspecified atom stereocenters. The second-order valence-electron chi connectivity index (χ2n) is 7.37. The van der Waals surface area contributed by atoms with Gasteiger partial charge in [0.25, 0.3) is 0 Å². The number of aryl methyl sites for hydroxylation is 1. The molecule has 1 aliphatic carbocycles. The lowest BCUT2D eigenvalue weighted by Crippen LogP contribution is -2.47. The Bertz CT molecular complexity index is 545. The minimum absolute atomic E-state index is 0.0911. The molecule has 1 saturated carbocycles. The highest BCUT2D eigenvalue weighted by molar-refractivity contribution is 5.73. The predicted octanol–water partition coefficient (Wildman–Crippen LogP) is 1.75. The van der Waals surface area contributed by atoms with Crippen molar-refractivity contribution in [1.29, 1.82) is 0 Å². The molecule has 2 aliphatic rings. The van der Waals surface area contributed by atoms with E-state index >= 15 is 0 Å². The second kappa shape index (κ2) is 6.99. The van der Waals surface area contributed by atoms with Crippen LogP contribution in [-0.4, -0.2) is 38.8 Å². The number of hydrogen-bond donors (Lipinski definition) is 2.